The molecule has 0 saturated carbocycles. The molecule has 0 aliphatic rings. The maximum absolute atomic E-state index is 5.86. The van der Waals surface area contributed by atoms with Crippen LogP contribution in [0.1, 0.15) is 11.0 Å². The van der Waals surface area contributed by atoms with Crippen LogP contribution in [0.15, 0.2) is 44.7 Å². The molecule has 1 unspecified atom stereocenters. The smallest absolute Gasteiger partial charge is 0.145 e. The summed E-state index contributed by atoms with van der Waals surface area (Å²) in [6.07, 6.45) is -0.0903. The number of nitrogens with two attached hydrogens (primary N) is 1. The normalized spacial score (nSPS) is 12.4. The summed E-state index contributed by atoms with van der Waals surface area (Å²) in [5.74, 6) is 0.827. The summed E-state index contributed by atoms with van der Waals surface area (Å²) in [4.78, 5) is 1.13. The molecule has 0 bridgehead atoms. The highest BCUT2D eigenvalue weighted by atomic mass is 79.9. The second-order valence-corrected chi connectivity index (χ2v) is 6.24. The SMILES string of the molecule is NCC(Oc1ccc(Br)cc1)c1cc(Br)cs1. The highest BCUT2D eigenvalue weighted by Crippen LogP contribution is 2.29. The molecular weight excluding hydrogens is 366 g/mol. The first-order valence-corrected chi connectivity index (χ1v) is 7.52. The standard InChI is InChI=1S/C12H11Br2NOS/c13-8-1-3-10(4-2-8)16-11(6-15)12-5-9(14)7-17-12/h1-5,7,11H,6,15H2. The fourth-order valence-electron chi connectivity index (χ4n) is 1.40. The van der Waals surface area contributed by atoms with Gasteiger partial charge in [0.2, 0.25) is 0 Å². The van der Waals surface area contributed by atoms with E-state index < -0.39 is 0 Å². The first kappa shape index (κ1) is 13.1. The zero-order valence-electron chi connectivity index (χ0n) is 8.90. The lowest BCUT2D eigenvalue weighted by atomic mass is 10.3. The highest BCUT2D eigenvalue weighted by molar-refractivity contribution is 9.10. The van der Waals surface area contributed by atoms with E-state index in [-0.39, 0.29) is 6.10 Å². The van der Waals surface area contributed by atoms with Crippen molar-refractivity contribution in [3.8, 4) is 5.75 Å². The van der Waals surface area contributed by atoms with Crippen molar-refractivity contribution in [3.05, 3.63) is 49.5 Å². The van der Waals surface area contributed by atoms with Gasteiger partial charge in [-0.05, 0) is 46.3 Å². The van der Waals surface area contributed by atoms with Crippen molar-refractivity contribution < 1.29 is 4.74 Å². The number of halogens is 2. The Labute approximate surface area is 121 Å². The Balaban J connectivity index is 2.12. The number of thiophene rings is 1. The summed E-state index contributed by atoms with van der Waals surface area (Å²) in [5, 5.41) is 2.03. The van der Waals surface area contributed by atoms with Gasteiger partial charge in [-0.1, -0.05) is 15.9 Å². The van der Waals surface area contributed by atoms with Crippen molar-refractivity contribution in [2.75, 3.05) is 6.54 Å². The summed E-state index contributed by atoms with van der Waals surface area (Å²) >= 11 is 8.47. The molecule has 5 heteroatoms. The maximum atomic E-state index is 5.86. The van der Waals surface area contributed by atoms with Crippen molar-refractivity contribution in [1.82, 2.24) is 0 Å². The van der Waals surface area contributed by atoms with Crippen molar-refractivity contribution in [2.24, 2.45) is 5.73 Å². The van der Waals surface area contributed by atoms with Crippen LogP contribution in [0.2, 0.25) is 0 Å². The zero-order chi connectivity index (χ0) is 12.3. The van der Waals surface area contributed by atoms with Gasteiger partial charge in [0.05, 0.1) is 0 Å². The minimum atomic E-state index is -0.0903. The van der Waals surface area contributed by atoms with E-state index in [9.17, 15) is 0 Å². The van der Waals surface area contributed by atoms with E-state index >= 15 is 0 Å². The first-order chi connectivity index (χ1) is 8.19. The van der Waals surface area contributed by atoms with E-state index in [4.69, 9.17) is 10.5 Å². The molecular formula is C12H11Br2NOS. The first-order valence-electron chi connectivity index (χ1n) is 5.05. The van der Waals surface area contributed by atoms with Crippen molar-refractivity contribution in [2.45, 2.75) is 6.10 Å². The average Bonchev–Trinajstić information content (AvgIpc) is 2.75. The third-order valence-electron chi connectivity index (χ3n) is 2.21. The predicted molar refractivity (Wildman–Crippen MR) is 78.6 cm³/mol. The van der Waals surface area contributed by atoms with Crippen LogP contribution in [0.25, 0.3) is 0 Å². The largest absolute Gasteiger partial charge is 0.484 e. The van der Waals surface area contributed by atoms with Gasteiger partial charge >= 0.3 is 0 Å². The third kappa shape index (κ3) is 3.55. The molecule has 2 N–H and O–H groups in total. The Morgan fingerprint density at radius 2 is 1.88 bits per heavy atom. The van der Waals surface area contributed by atoms with Crippen molar-refractivity contribution in [1.29, 1.82) is 0 Å². The minimum absolute atomic E-state index is 0.0903. The van der Waals surface area contributed by atoms with Crippen LogP contribution in [-0.4, -0.2) is 6.54 Å². The van der Waals surface area contributed by atoms with Gasteiger partial charge in [-0.25, -0.2) is 0 Å². The summed E-state index contributed by atoms with van der Waals surface area (Å²) in [5.41, 5.74) is 5.75. The fraction of sp³-hybridized carbons (Fsp3) is 0.167. The summed E-state index contributed by atoms with van der Waals surface area (Å²) in [7, 11) is 0. The van der Waals surface area contributed by atoms with Gasteiger partial charge in [-0.2, -0.15) is 0 Å². The molecule has 0 radical (unpaired) electrons. The molecule has 0 aliphatic carbocycles. The van der Waals surface area contributed by atoms with E-state index in [0.717, 1.165) is 19.6 Å². The van der Waals surface area contributed by atoms with Gasteiger partial charge in [0.15, 0.2) is 0 Å². The molecule has 2 nitrogen and oxygen atoms in total. The Kier molecular flexibility index (Phi) is 4.62. The predicted octanol–water partition coefficient (Wildman–Crippen LogP) is 4.35. The van der Waals surface area contributed by atoms with Crippen LogP contribution < -0.4 is 10.5 Å². The van der Waals surface area contributed by atoms with Crippen LogP contribution in [0.5, 0.6) is 5.75 Å². The maximum Gasteiger partial charge on any atom is 0.145 e. The van der Waals surface area contributed by atoms with E-state index in [0.29, 0.717) is 6.54 Å². The van der Waals surface area contributed by atoms with Gasteiger partial charge < -0.3 is 10.5 Å². The van der Waals surface area contributed by atoms with Gasteiger partial charge in [-0.3, -0.25) is 0 Å². The lowest BCUT2D eigenvalue weighted by Gasteiger charge is -2.15. The second kappa shape index (κ2) is 6.00. The Morgan fingerprint density at radius 1 is 1.18 bits per heavy atom. The number of rotatable bonds is 4. The lowest BCUT2D eigenvalue weighted by molar-refractivity contribution is 0.218. The van der Waals surface area contributed by atoms with Gasteiger partial charge in [0.1, 0.15) is 11.9 Å². The molecule has 1 aromatic heterocycles. The van der Waals surface area contributed by atoms with Crippen LogP contribution in [0, 0.1) is 0 Å². The third-order valence-corrected chi connectivity index (χ3v) is 4.53. The van der Waals surface area contributed by atoms with Crippen LogP contribution in [-0.2, 0) is 0 Å². The number of ether oxygens (including phenoxy) is 1. The van der Waals surface area contributed by atoms with Crippen LogP contribution >= 0.6 is 43.2 Å². The molecule has 0 amide bonds. The highest BCUT2D eigenvalue weighted by Gasteiger charge is 2.13. The molecule has 0 aliphatic heterocycles. The summed E-state index contributed by atoms with van der Waals surface area (Å²) < 4.78 is 7.96. The molecule has 17 heavy (non-hydrogen) atoms. The summed E-state index contributed by atoms with van der Waals surface area (Å²) in [6, 6.07) is 9.80. The average molecular weight is 377 g/mol. The summed E-state index contributed by atoms with van der Waals surface area (Å²) in [6.45, 7) is 0.461. The molecule has 1 atom stereocenters. The van der Waals surface area contributed by atoms with E-state index in [2.05, 4.69) is 31.9 Å². The molecule has 0 saturated heterocycles. The lowest BCUT2D eigenvalue weighted by Crippen LogP contribution is -2.17. The quantitative estimate of drug-likeness (QED) is 0.860. The molecule has 2 aromatic rings. The van der Waals surface area contributed by atoms with Crippen molar-refractivity contribution in [3.63, 3.8) is 0 Å². The Bertz CT molecular complexity index is 484. The topological polar surface area (TPSA) is 35.2 Å². The van der Waals surface area contributed by atoms with Crippen molar-refractivity contribution >= 4 is 43.2 Å². The fourth-order valence-corrected chi connectivity index (χ4v) is 3.15. The Hall–Kier alpha value is -0.360. The van der Waals surface area contributed by atoms with Gasteiger partial charge in [-0.15, -0.1) is 11.3 Å². The van der Waals surface area contributed by atoms with Gasteiger partial charge in [0.25, 0.3) is 0 Å². The molecule has 0 spiro atoms. The van der Waals surface area contributed by atoms with E-state index in [1.54, 1.807) is 11.3 Å². The molecule has 90 valence electrons. The zero-order valence-corrected chi connectivity index (χ0v) is 12.9. The molecule has 1 aromatic carbocycles. The van der Waals surface area contributed by atoms with Gasteiger partial charge in [0, 0.05) is 25.7 Å². The molecule has 0 fully saturated rings. The number of benzene rings is 1. The Morgan fingerprint density at radius 3 is 2.41 bits per heavy atom. The monoisotopic (exact) mass is 375 g/mol. The minimum Gasteiger partial charge on any atom is -0.484 e. The van der Waals surface area contributed by atoms with Crippen LogP contribution in [0.4, 0.5) is 0 Å². The number of hydrogen-bond donors (Lipinski definition) is 1. The van der Waals surface area contributed by atoms with E-state index in [1.165, 1.54) is 0 Å². The van der Waals surface area contributed by atoms with Crippen LogP contribution in [0.3, 0.4) is 0 Å². The second-order valence-electron chi connectivity index (χ2n) is 3.46. The molecule has 1 heterocycles. The van der Waals surface area contributed by atoms with E-state index in [1.807, 2.05) is 35.7 Å². The number of hydrogen-bond acceptors (Lipinski definition) is 3. The molecule has 2 rings (SSSR count).